The molecule has 0 spiro atoms. The lowest BCUT2D eigenvalue weighted by Crippen LogP contribution is -2.19. The van der Waals surface area contributed by atoms with Crippen LogP contribution in [0.2, 0.25) is 0 Å². The van der Waals surface area contributed by atoms with Gasteiger partial charge in [0.25, 0.3) is 0 Å². The van der Waals surface area contributed by atoms with E-state index in [0.29, 0.717) is 19.0 Å². The van der Waals surface area contributed by atoms with Gasteiger partial charge < -0.3 is 14.8 Å². The summed E-state index contributed by atoms with van der Waals surface area (Å²) >= 11 is 0. The minimum Gasteiger partial charge on any atom is -0.485 e. The molecule has 0 fully saturated rings. The van der Waals surface area contributed by atoms with E-state index >= 15 is 0 Å². The van der Waals surface area contributed by atoms with E-state index in [1.165, 1.54) is 4.80 Å². The van der Waals surface area contributed by atoms with Crippen molar-refractivity contribution >= 4 is 0 Å². The quantitative estimate of drug-likeness (QED) is 0.709. The number of aryl methyl sites for hydroxylation is 1. The third kappa shape index (κ3) is 4.29. The van der Waals surface area contributed by atoms with Crippen molar-refractivity contribution < 1.29 is 9.47 Å². The topological polar surface area (TPSA) is 74.1 Å². The lowest BCUT2D eigenvalue weighted by Gasteiger charge is -2.10. The lowest BCUT2D eigenvalue weighted by molar-refractivity contribution is 0.199. The molecule has 0 amide bonds. The summed E-state index contributed by atoms with van der Waals surface area (Å²) in [5.74, 6) is 1.39. The molecule has 20 heavy (non-hydrogen) atoms. The van der Waals surface area contributed by atoms with Gasteiger partial charge in [-0.3, -0.25) is 0 Å². The fourth-order valence-electron chi connectivity index (χ4n) is 1.71. The summed E-state index contributed by atoms with van der Waals surface area (Å²) in [7, 11) is 3.41. The number of hydrogen-bond acceptors (Lipinski definition) is 6. The molecule has 1 heterocycles. The second-order valence-electron chi connectivity index (χ2n) is 4.26. The maximum atomic E-state index is 5.74. The van der Waals surface area contributed by atoms with Crippen LogP contribution in [-0.2, 0) is 24.9 Å². The SMILES string of the molecule is COCCNCc1ccccc1OCc1nnn(C)n1. The molecule has 7 nitrogen and oxygen atoms in total. The van der Waals surface area contributed by atoms with Crippen LogP contribution in [0.4, 0.5) is 0 Å². The Morgan fingerprint density at radius 3 is 2.90 bits per heavy atom. The summed E-state index contributed by atoms with van der Waals surface area (Å²) in [6.45, 7) is 2.53. The van der Waals surface area contributed by atoms with Crippen molar-refractivity contribution in [1.29, 1.82) is 0 Å². The number of tetrazole rings is 1. The normalized spacial score (nSPS) is 10.7. The Hall–Kier alpha value is -1.99. The van der Waals surface area contributed by atoms with E-state index in [4.69, 9.17) is 9.47 Å². The number of nitrogens with zero attached hydrogens (tertiary/aromatic N) is 4. The van der Waals surface area contributed by atoms with Crippen molar-refractivity contribution in [3.05, 3.63) is 35.7 Å². The van der Waals surface area contributed by atoms with E-state index < -0.39 is 0 Å². The van der Waals surface area contributed by atoms with E-state index in [9.17, 15) is 0 Å². The summed E-state index contributed by atoms with van der Waals surface area (Å²) in [6.07, 6.45) is 0. The molecule has 0 unspecified atom stereocenters. The van der Waals surface area contributed by atoms with Crippen molar-refractivity contribution in [2.24, 2.45) is 7.05 Å². The molecule has 7 heteroatoms. The van der Waals surface area contributed by atoms with Crippen LogP contribution in [0.1, 0.15) is 11.4 Å². The van der Waals surface area contributed by atoms with E-state index in [2.05, 4.69) is 20.7 Å². The van der Waals surface area contributed by atoms with Gasteiger partial charge in [-0.2, -0.15) is 4.80 Å². The zero-order valence-corrected chi connectivity index (χ0v) is 11.7. The second kappa shape index (κ2) is 7.56. The number of nitrogens with one attached hydrogen (secondary N) is 1. The third-order valence-electron chi connectivity index (χ3n) is 2.68. The Morgan fingerprint density at radius 1 is 1.30 bits per heavy atom. The third-order valence-corrected chi connectivity index (χ3v) is 2.68. The van der Waals surface area contributed by atoms with Gasteiger partial charge in [0, 0.05) is 25.8 Å². The molecule has 1 N–H and O–H groups in total. The fraction of sp³-hybridized carbons (Fsp3) is 0.462. The Morgan fingerprint density at radius 2 is 2.15 bits per heavy atom. The minimum atomic E-state index is 0.308. The molecule has 2 rings (SSSR count). The number of para-hydroxylation sites is 1. The van der Waals surface area contributed by atoms with Crippen LogP contribution < -0.4 is 10.1 Å². The summed E-state index contributed by atoms with van der Waals surface area (Å²) in [5.41, 5.74) is 1.09. The summed E-state index contributed by atoms with van der Waals surface area (Å²) in [4.78, 5) is 1.41. The molecule has 0 radical (unpaired) electrons. The Bertz CT molecular complexity index is 529. The first-order chi connectivity index (χ1) is 9.79. The predicted octanol–water partition coefficient (Wildman–Crippen LogP) is 0.525. The number of methoxy groups -OCH3 is 1. The standard InChI is InChI=1S/C13H19N5O2/c1-18-16-13(15-17-18)10-20-12-6-4-3-5-11(12)9-14-7-8-19-2/h3-6,14H,7-10H2,1-2H3. The summed E-state index contributed by atoms with van der Waals surface area (Å²) in [5, 5.41) is 15.0. The molecule has 2 aromatic rings. The van der Waals surface area contributed by atoms with Crippen molar-refractivity contribution in [3.8, 4) is 5.75 Å². The van der Waals surface area contributed by atoms with Gasteiger partial charge in [0.2, 0.25) is 5.82 Å². The molecule has 0 aliphatic rings. The minimum absolute atomic E-state index is 0.308. The molecular formula is C13H19N5O2. The molecule has 0 saturated carbocycles. The Balaban J connectivity index is 1.90. The van der Waals surface area contributed by atoms with Crippen molar-refractivity contribution in [2.75, 3.05) is 20.3 Å². The van der Waals surface area contributed by atoms with Crippen LogP contribution in [0.3, 0.4) is 0 Å². The van der Waals surface area contributed by atoms with Crippen LogP contribution in [0.25, 0.3) is 0 Å². The molecule has 1 aromatic heterocycles. The molecule has 0 saturated heterocycles. The average molecular weight is 277 g/mol. The summed E-state index contributed by atoms with van der Waals surface area (Å²) < 4.78 is 10.7. The van der Waals surface area contributed by atoms with Gasteiger partial charge in [-0.05, 0) is 11.3 Å². The fourth-order valence-corrected chi connectivity index (χ4v) is 1.71. The average Bonchev–Trinajstić information content (AvgIpc) is 2.88. The number of hydrogen-bond donors (Lipinski definition) is 1. The molecule has 0 aliphatic heterocycles. The molecule has 0 bridgehead atoms. The maximum absolute atomic E-state index is 5.74. The molecule has 108 valence electrons. The Labute approximate surface area is 117 Å². The van der Waals surface area contributed by atoms with Gasteiger partial charge >= 0.3 is 0 Å². The highest BCUT2D eigenvalue weighted by molar-refractivity contribution is 5.33. The van der Waals surface area contributed by atoms with Gasteiger partial charge in [-0.1, -0.05) is 18.2 Å². The second-order valence-corrected chi connectivity index (χ2v) is 4.26. The van der Waals surface area contributed by atoms with Crippen molar-refractivity contribution in [2.45, 2.75) is 13.2 Å². The zero-order chi connectivity index (χ0) is 14.2. The van der Waals surface area contributed by atoms with Gasteiger partial charge in [0.05, 0.1) is 13.7 Å². The smallest absolute Gasteiger partial charge is 0.212 e. The van der Waals surface area contributed by atoms with E-state index in [1.54, 1.807) is 14.2 Å². The monoisotopic (exact) mass is 277 g/mol. The first-order valence-corrected chi connectivity index (χ1v) is 6.43. The van der Waals surface area contributed by atoms with E-state index in [1.807, 2.05) is 24.3 Å². The number of benzene rings is 1. The van der Waals surface area contributed by atoms with Gasteiger partial charge in [-0.15, -0.1) is 10.2 Å². The number of ether oxygens (including phenoxy) is 2. The van der Waals surface area contributed by atoms with Crippen LogP contribution in [0.5, 0.6) is 5.75 Å². The highest BCUT2D eigenvalue weighted by atomic mass is 16.5. The first kappa shape index (κ1) is 14.4. The van der Waals surface area contributed by atoms with Gasteiger partial charge in [0.1, 0.15) is 5.75 Å². The molecular weight excluding hydrogens is 258 g/mol. The molecule has 0 atom stereocenters. The van der Waals surface area contributed by atoms with Gasteiger partial charge in [0.15, 0.2) is 6.61 Å². The molecule has 0 aliphatic carbocycles. The largest absolute Gasteiger partial charge is 0.485 e. The van der Waals surface area contributed by atoms with Crippen LogP contribution in [-0.4, -0.2) is 40.5 Å². The van der Waals surface area contributed by atoms with E-state index in [0.717, 1.165) is 24.4 Å². The Kier molecular flexibility index (Phi) is 5.45. The van der Waals surface area contributed by atoms with Crippen molar-refractivity contribution in [3.63, 3.8) is 0 Å². The van der Waals surface area contributed by atoms with Crippen LogP contribution in [0.15, 0.2) is 24.3 Å². The van der Waals surface area contributed by atoms with E-state index in [-0.39, 0.29) is 0 Å². The zero-order valence-electron chi connectivity index (χ0n) is 11.7. The maximum Gasteiger partial charge on any atom is 0.212 e. The lowest BCUT2D eigenvalue weighted by atomic mass is 10.2. The molecule has 1 aromatic carbocycles. The highest BCUT2D eigenvalue weighted by Gasteiger charge is 2.05. The number of aromatic nitrogens is 4. The predicted molar refractivity (Wildman–Crippen MR) is 73.2 cm³/mol. The van der Waals surface area contributed by atoms with Crippen LogP contribution >= 0.6 is 0 Å². The van der Waals surface area contributed by atoms with Gasteiger partial charge in [-0.25, -0.2) is 0 Å². The highest BCUT2D eigenvalue weighted by Crippen LogP contribution is 2.18. The first-order valence-electron chi connectivity index (χ1n) is 6.43. The van der Waals surface area contributed by atoms with Crippen LogP contribution in [0, 0.1) is 0 Å². The number of rotatable bonds is 8. The summed E-state index contributed by atoms with van der Waals surface area (Å²) in [6, 6.07) is 7.89. The van der Waals surface area contributed by atoms with Crippen molar-refractivity contribution in [1.82, 2.24) is 25.5 Å².